The molecule has 1 aromatic carbocycles. The summed E-state index contributed by atoms with van der Waals surface area (Å²) in [5.41, 5.74) is -0.0642. The lowest BCUT2D eigenvalue weighted by Crippen LogP contribution is -2.35. The highest BCUT2D eigenvalue weighted by molar-refractivity contribution is 5.75. The van der Waals surface area contributed by atoms with Gasteiger partial charge in [0.15, 0.2) is 0 Å². The van der Waals surface area contributed by atoms with Gasteiger partial charge in [-0.3, -0.25) is 4.79 Å². The third-order valence-electron chi connectivity index (χ3n) is 3.57. The Hall–Kier alpha value is -2.11. The number of hydrogen-bond donors (Lipinski definition) is 1. The summed E-state index contributed by atoms with van der Waals surface area (Å²) in [5, 5.41) is 9.37. The minimum Gasteiger partial charge on any atom is -0.481 e. The van der Waals surface area contributed by atoms with E-state index >= 15 is 0 Å². The Balaban J connectivity index is 2.20. The van der Waals surface area contributed by atoms with Gasteiger partial charge in [0.05, 0.1) is 5.92 Å². The minimum atomic E-state index is -1.000. The van der Waals surface area contributed by atoms with Gasteiger partial charge in [0.1, 0.15) is 11.4 Å². The van der Waals surface area contributed by atoms with Crippen LogP contribution in [0.1, 0.15) is 32.3 Å². The maximum Gasteiger partial charge on any atom is 0.410 e. The number of aliphatic carboxylic acids is 1. The quantitative estimate of drug-likeness (QED) is 0.912. The highest BCUT2D eigenvalue weighted by Gasteiger charge is 2.41. The zero-order chi connectivity index (χ0) is 16.5. The van der Waals surface area contributed by atoms with Gasteiger partial charge in [-0.2, -0.15) is 0 Å². The van der Waals surface area contributed by atoms with Crippen molar-refractivity contribution >= 4 is 12.1 Å². The van der Waals surface area contributed by atoms with E-state index in [1.54, 1.807) is 32.9 Å². The van der Waals surface area contributed by atoms with Crippen molar-refractivity contribution in [1.29, 1.82) is 0 Å². The lowest BCUT2D eigenvalue weighted by molar-refractivity contribution is -0.141. The number of carbonyl (C=O) groups is 2. The Kier molecular flexibility index (Phi) is 4.39. The summed E-state index contributed by atoms with van der Waals surface area (Å²) in [4.78, 5) is 24.9. The van der Waals surface area contributed by atoms with Crippen LogP contribution in [0.3, 0.4) is 0 Å². The van der Waals surface area contributed by atoms with Gasteiger partial charge in [-0.15, -0.1) is 0 Å². The molecule has 0 aromatic heterocycles. The van der Waals surface area contributed by atoms with Crippen molar-refractivity contribution in [2.24, 2.45) is 5.92 Å². The first kappa shape index (κ1) is 16.3. The molecule has 2 atom stereocenters. The molecule has 0 radical (unpaired) electrons. The number of benzene rings is 1. The van der Waals surface area contributed by atoms with Crippen LogP contribution in [0.2, 0.25) is 0 Å². The molecule has 0 unspecified atom stereocenters. The van der Waals surface area contributed by atoms with Crippen LogP contribution in [0.15, 0.2) is 24.3 Å². The Bertz CT molecular complexity index is 582. The molecule has 2 rings (SSSR count). The van der Waals surface area contributed by atoms with Crippen LogP contribution >= 0.6 is 0 Å². The van der Waals surface area contributed by atoms with Crippen molar-refractivity contribution in [3.63, 3.8) is 0 Å². The number of carboxylic acid groups (broad SMARTS) is 1. The van der Waals surface area contributed by atoms with Crippen LogP contribution in [-0.4, -0.2) is 40.8 Å². The number of carboxylic acids is 1. The van der Waals surface area contributed by atoms with Gasteiger partial charge in [-0.25, -0.2) is 9.18 Å². The molecule has 0 saturated carbocycles. The van der Waals surface area contributed by atoms with E-state index in [-0.39, 0.29) is 13.1 Å². The molecular formula is C16H20FNO4. The van der Waals surface area contributed by atoms with E-state index in [9.17, 15) is 19.1 Å². The van der Waals surface area contributed by atoms with Crippen molar-refractivity contribution in [2.45, 2.75) is 32.3 Å². The second kappa shape index (κ2) is 5.94. The third-order valence-corrected chi connectivity index (χ3v) is 3.57. The Morgan fingerprint density at radius 2 is 2.00 bits per heavy atom. The Labute approximate surface area is 128 Å². The van der Waals surface area contributed by atoms with E-state index in [2.05, 4.69) is 0 Å². The molecule has 1 saturated heterocycles. The molecule has 5 nitrogen and oxygen atoms in total. The monoisotopic (exact) mass is 309 g/mol. The number of amides is 1. The summed E-state index contributed by atoms with van der Waals surface area (Å²) in [7, 11) is 0. The van der Waals surface area contributed by atoms with E-state index in [1.807, 2.05) is 0 Å². The first-order valence-corrected chi connectivity index (χ1v) is 7.13. The van der Waals surface area contributed by atoms with E-state index < -0.39 is 35.3 Å². The number of halogens is 1. The molecule has 1 aliphatic rings. The summed E-state index contributed by atoms with van der Waals surface area (Å²) in [5.74, 6) is -2.63. The molecule has 1 aliphatic heterocycles. The summed E-state index contributed by atoms with van der Waals surface area (Å²) in [6.45, 7) is 5.51. The predicted molar refractivity (Wildman–Crippen MR) is 78.1 cm³/mol. The van der Waals surface area contributed by atoms with Crippen molar-refractivity contribution < 1.29 is 23.8 Å². The number of ether oxygens (including phenoxy) is 1. The number of carbonyl (C=O) groups excluding carboxylic acids is 1. The maximum absolute atomic E-state index is 13.4. The first-order valence-electron chi connectivity index (χ1n) is 7.13. The summed E-state index contributed by atoms with van der Waals surface area (Å²) in [6.07, 6.45) is -0.544. The van der Waals surface area contributed by atoms with Gasteiger partial charge >= 0.3 is 12.1 Å². The molecule has 6 heteroatoms. The molecule has 0 bridgehead atoms. The number of rotatable bonds is 2. The van der Waals surface area contributed by atoms with Crippen molar-refractivity contribution in [2.75, 3.05) is 13.1 Å². The molecule has 1 amide bonds. The second-order valence-electron chi connectivity index (χ2n) is 6.49. The number of nitrogens with zero attached hydrogens (tertiary/aromatic N) is 1. The Morgan fingerprint density at radius 1 is 1.32 bits per heavy atom. The SMILES string of the molecule is CC(C)(C)OC(=O)N1C[C@H](C(=O)O)[C@H](c2cccc(F)c2)C1. The van der Waals surface area contributed by atoms with Gasteiger partial charge in [-0.1, -0.05) is 12.1 Å². The highest BCUT2D eigenvalue weighted by Crippen LogP contribution is 2.34. The fourth-order valence-corrected chi connectivity index (χ4v) is 2.60. The lowest BCUT2D eigenvalue weighted by Gasteiger charge is -2.24. The molecule has 22 heavy (non-hydrogen) atoms. The van der Waals surface area contributed by atoms with E-state index in [0.717, 1.165) is 0 Å². The topological polar surface area (TPSA) is 66.8 Å². The molecule has 1 fully saturated rings. The number of likely N-dealkylation sites (tertiary alicyclic amines) is 1. The predicted octanol–water partition coefficient (Wildman–Crippen LogP) is 2.86. The van der Waals surface area contributed by atoms with Crippen LogP contribution < -0.4 is 0 Å². The molecule has 0 spiro atoms. The minimum absolute atomic E-state index is 0.0609. The normalized spacial score (nSPS) is 21.7. The largest absolute Gasteiger partial charge is 0.481 e. The summed E-state index contributed by atoms with van der Waals surface area (Å²) >= 11 is 0. The zero-order valence-electron chi connectivity index (χ0n) is 12.9. The maximum atomic E-state index is 13.4. The third kappa shape index (κ3) is 3.75. The fourth-order valence-electron chi connectivity index (χ4n) is 2.60. The van der Waals surface area contributed by atoms with Gasteiger partial charge in [-0.05, 0) is 38.5 Å². The lowest BCUT2D eigenvalue weighted by atomic mass is 9.89. The summed E-state index contributed by atoms with van der Waals surface area (Å²) in [6, 6.07) is 5.85. The van der Waals surface area contributed by atoms with E-state index in [1.165, 1.54) is 17.0 Å². The van der Waals surface area contributed by atoms with Gasteiger partial charge in [0.2, 0.25) is 0 Å². The van der Waals surface area contributed by atoms with E-state index in [0.29, 0.717) is 5.56 Å². The number of hydrogen-bond acceptors (Lipinski definition) is 3. The molecule has 1 N–H and O–H groups in total. The van der Waals surface area contributed by atoms with Gasteiger partial charge in [0.25, 0.3) is 0 Å². The van der Waals surface area contributed by atoms with Gasteiger partial charge < -0.3 is 14.7 Å². The zero-order valence-corrected chi connectivity index (χ0v) is 12.9. The van der Waals surface area contributed by atoms with Crippen LogP contribution in [0.5, 0.6) is 0 Å². The highest BCUT2D eigenvalue weighted by atomic mass is 19.1. The standard InChI is InChI=1S/C16H20FNO4/c1-16(2,3)22-15(21)18-8-12(13(9-18)14(19)20)10-5-4-6-11(17)7-10/h4-7,12-13H,8-9H2,1-3H3,(H,19,20)/t12-,13-/m0/s1. The Morgan fingerprint density at radius 3 is 2.55 bits per heavy atom. The summed E-state index contributed by atoms with van der Waals surface area (Å²) < 4.78 is 18.7. The fraction of sp³-hybridized carbons (Fsp3) is 0.500. The molecule has 120 valence electrons. The van der Waals surface area contributed by atoms with Crippen molar-refractivity contribution in [1.82, 2.24) is 4.90 Å². The van der Waals surface area contributed by atoms with Crippen LogP contribution in [0.25, 0.3) is 0 Å². The smallest absolute Gasteiger partial charge is 0.410 e. The molecule has 1 aromatic rings. The van der Waals surface area contributed by atoms with E-state index in [4.69, 9.17) is 4.74 Å². The molecule has 1 heterocycles. The van der Waals surface area contributed by atoms with Crippen LogP contribution in [0, 0.1) is 11.7 Å². The van der Waals surface area contributed by atoms with Crippen LogP contribution in [-0.2, 0) is 9.53 Å². The first-order chi connectivity index (χ1) is 10.2. The van der Waals surface area contributed by atoms with Crippen LogP contribution in [0.4, 0.5) is 9.18 Å². The van der Waals surface area contributed by atoms with Crippen molar-refractivity contribution in [3.8, 4) is 0 Å². The average molecular weight is 309 g/mol. The second-order valence-corrected chi connectivity index (χ2v) is 6.49. The average Bonchev–Trinajstić information content (AvgIpc) is 2.82. The van der Waals surface area contributed by atoms with Crippen molar-refractivity contribution in [3.05, 3.63) is 35.6 Å². The van der Waals surface area contributed by atoms with Gasteiger partial charge in [0, 0.05) is 19.0 Å². The molecule has 0 aliphatic carbocycles. The molecular weight excluding hydrogens is 289 g/mol.